The Hall–Kier alpha value is -2.10. The number of aryl methyl sites for hydroxylation is 1. The highest BCUT2D eigenvalue weighted by Gasteiger charge is 2.34. The smallest absolute Gasteiger partial charge is 0.248 e. The largest absolute Gasteiger partial charge is 0.417 e. The van der Waals surface area contributed by atoms with Gasteiger partial charge in [0.15, 0.2) is 0 Å². The number of aliphatic imine (C=N–C) groups is 1. The predicted octanol–water partition coefficient (Wildman–Crippen LogP) is 5.10. The minimum absolute atomic E-state index is 0.231. The van der Waals surface area contributed by atoms with E-state index in [1.807, 2.05) is 19.1 Å². The van der Waals surface area contributed by atoms with Crippen molar-refractivity contribution in [1.29, 1.82) is 0 Å². The van der Waals surface area contributed by atoms with Gasteiger partial charge in [0, 0.05) is 0 Å². The molecule has 1 aromatic rings. The normalized spacial score (nSPS) is 12.8. The van der Waals surface area contributed by atoms with Gasteiger partial charge in [0.05, 0.1) is 17.0 Å². The molecule has 0 spiro atoms. The van der Waals surface area contributed by atoms with E-state index in [0.29, 0.717) is 5.56 Å². The van der Waals surface area contributed by atoms with Gasteiger partial charge in [0.2, 0.25) is 0 Å². The molecular formula is C16H16F3N. The fraction of sp³-hybridized carbons (Fsp3) is 0.188. The van der Waals surface area contributed by atoms with Gasteiger partial charge in [-0.15, -0.1) is 0 Å². The van der Waals surface area contributed by atoms with Crippen LogP contribution in [0.25, 0.3) is 5.70 Å². The van der Waals surface area contributed by atoms with Gasteiger partial charge in [0.1, 0.15) is 0 Å². The Morgan fingerprint density at radius 3 is 2.15 bits per heavy atom. The molecule has 0 bridgehead atoms. The van der Waals surface area contributed by atoms with Crippen molar-refractivity contribution in [1.82, 2.24) is 0 Å². The van der Waals surface area contributed by atoms with Gasteiger partial charge in [0.25, 0.3) is 0 Å². The van der Waals surface area contributed by atoms with Gasteiger partial charge >= 0.3 is 6.18 Å². The van der Waals surface area contributed by atoms with Crippen molar-refractivity contribution in [3.8, 4) is 0 Å². The second kappa shape index (κ2) is 6.37. The predicted molar refractivity (Wildman–Crippen MR) is 77.7 cm³/mol. The summed E-state index contributed by atoms with van der Waals surface area (Å²) in [5.41, 5.74) is 0.782. The Morgan fingerprint density at radius 2 is 1.70 bits per heavy atom. The summed E-state index contributed by atoms with van der Waals surface area (Å²) in [5, 5.41) is 0. The average Bonchev–Trinajstić information content (AvgIpc) is 2.37. The standard InChI is InChI=1S/C16H16F3N/c1-5-6-15(12(3)16(17,18)19)20-13(4)14-9-7-11(2)8-10-14/h5-10H,3-4H2,1-2H3. The van der Waals surface area contributed by atoms with Crippen LogP contribution in [-0.2, 0) is 0 Å². The fourth-order valence-corrected chi connectivity index (χ4v) is 1.46. The molecule has 0 unspecified atom stereocenters. The average molecular weight is 279 g/mol. The van der Waals surface area contributed by atoms with E-state index in [9.17, 15) is 13.2 Å². The molecule has 0 aromatic heterocycles. The molecule has 0 radical (unpaired) electrons. The lowest BCUT2D eigenvalue weighted by molar-refractivity contribution is -0.0855. The van der Waals surface area contributed by atoms with E-state index in [0.717, 1.165) is 5.56 Å². The lowest BCUT2D eigenvalue weighted by Crippen LogP contribution is -2.17. The van der Waals surface area contributed by atoms with Gasteiger partial charge < -0.3 is 0 Å². The van der Waals surface area contributed by atoms with Crippen molar-refractivity contribution in [2.75, 3.05) is 0 Å². The third-order valence-electron chi connectivity index (χ3n) is 2.62. The molecule has 1 rings (SSSR count). The summed E-state index contributed by atoms with van der Waals surface area (Å²) >= 11 is 0. The Morgan fingerprint density at radius 1 is 1.15 bits per heavy atom. The van der Waals surface area contributed by atoms with Gasteiger partial charge in [-0.25, -0.2) is 4.99 Å². The SMILES string of the molecule is C=C(N=C(C=CC)C(=C)C(F)(F)F)c1ccc(C)cc1. The van der Waals surface area contributed by atoms with Gasteiger partial charge in [-0.1, -0.05) is 49.1 Å². The molecule has 0 N–H and O–H groups in total. The van der Waals surface area contributed by atoms with Crippen LogP contribution in [0, 0.1) is 6.92 Å². The Bertz CT molecular complexity index is 560. The van der Waals surface area contributed by atoms with E-state index in [4.69, 9.17) is 0 Å². The molecule has 1 nitrogen and oxygen atoms in total. The molecule has 0 amide bonds. The van der Waals surface area contributed by atoms with Crippen LogP contribution in [0.5, 0.6) is 0 Å². The number of hydrogen-bond acceptors (Lipinski definition) is 1. The number of allylic oxidation sites excluding steroid dienone is 3. The highest BCUT2D eigenvalue weighted by atomic mass is 19.4. The molecular weight excluding hydrogens is 263 g/mol. The van der Waals surface area contributed by atoms with Crippen molar-refractivity contribution >= 4 is 11.4 Å². The molecule has 0 atom stereocenters. The van der Waals surface area contributed by atoms with Crippen LogP contribution in [0.4, 0.5) is 13.2 Å². The number of halogens is 3. The number of nitrogens with zero attached hydrogens (tertiary/aromatic N) is 1. The summed E-state index contributed by atoms with van der Waals surface area (Å²) in [4.78, 5) is 3.95. The van der Waals surface area contributed by atoms with Crippen molar-refractivity contribution < 1.29 is 13.2 Å². The highest BCUT2D eigenvalue weighted by Crippen LogP contribution is 2.27. The topological polar surface area (TPSA) is 12.4 Å². The fourth-order valence-electron chi connectivity index (χ4n) is 1.46. The van der Waals surface area contributed by atoms with Crippen LogP contribution in [-0.4, -0.2) is 11.9 Å². The van der Waals surface area contributed by atoms with Crippen LogP contribution in [0.2, 0.25) is 0 Å². The monoisotopic (exact) mass is 279 g/mol. The van der Waals surface area contributed by atoms with Crippen LogP contribution in [0.3, 0.4) is 0 Å². The number of hydrogen-bond donors (Lipinski definition) is 0. The first kappa shape index (κ1) is 16.0. The third kappa shape index (κ3) is 4.23. The first-order valence-corrected chi connectivity index (χ1v) is 5.99. The van der Waals surface area contributed by atoms with Crippen molar-refractivity contribution in [2.24, 2.45) is 4.99 Å². The summed E-state index contributed by atoms with van der Waals surface area (Å²) in [7, 11) is 0. The first-order valence-electron chi connectivity index (χ1n) is 5.99. The maximum absolute atomic E-state index is 12.7. The number of alkyl halides is 3. The molecule has 1 aromatic carbocycles. The third-order valence-corrected chi connectivity index (χ3v) is 2.62. The summed E-state index contributed by atoms with van der Waals surface area (Å²) in [5.74, 6) is 0. The molecule has 0 aliphatic carbocycles. The van der Waals surface area contributed by atoms with E-state index < -0.39 is 11.7 Å². The van der Waals surface area contributed by atoms with Crippen molar-refractivity contribution in [3.63, 3.8) is 0 Å². The Labute approximate surface area is 116 Å². The minimum Gasteiger partial charge on any atom is -0.248 e. The lowest BCUT2D eigenvalue weighted by Gasteiger charge is -2.11. The summed E-state index contributed by atoms with van der Waals surface area (Å²) in [6.45, 7) is 10.3. The van der Waals surface area contributed by atoms with Crippen molar-refractivity contribution in [2.45, 2.75) is 20.0 Å². The lowest BCUT2D eigenvalue weighted by atomic mass is 10.1. The highest BCUT2D eigenvalue weighted by molar-refractivity contribution is 6.10. The number of benzene rings is 1. The molecule has 0 saturated carbocycles. The zero-order valence-electron chi connectivity index (χ0n) is 11.5. The number of rotatable bonds is 4. The Balaban J connectivity index is 3.12. The Kier molecular flexibility index (Phi) is 5.08. The van der Waals surface area contributed by atoms with E-state index >= 15 is 0 Å². The molecule has 0 heterocycles. The zero-order chi connectivity index (χ0) is 15.3. The van der Waals surface area contributed by atoms with E-state index in [-0.39, 0.29) is 11.4 Å². The molecule has 0 aliphatic rings. The zero-order valence-corrected chi connectivity index (χ0v) is 11.5. The molecule has 20 heavy (non-hydrogen) atoms. The second-order valence-corrected chi connectivity index (χ2v) is 4.29. The van der Waals surface area contributed by atoms with Crippen LogP contribution in [0.15, 0.2) is 60.1 Å². The molecule has 0 fully saturated rings. The maximum atomic E-state index is 12.7. The quantitative estimate of drug-likeness (QED) is 0.680. The van der Waals surface area contributed by atoms with Crippen molar-refractivity contribution in [3.05, 3.63) is 66.3 Å². The first-order chi connectivity index (χ1) is 9.25. The van der Waals surface area contributed by atoms with Gasteiger partial charge in [-0.05, 0) is 25.5 Å². The van der Waals surface area contributed by atoms with E-state index in [1.165, 1.54) is 12.2 Å². The van der Waals surface area contributed by atoms with Crippen LogP contribution in [0.1, 0.15) is 18.1 Å². The molecule has 0 aliphatic heterocycles. The maximum Gasteiger partial charge on any atom is 0.417 e. The van der Waals surface area contributed by atoms with E-state index in [1.54, 1.807) is 19.1 Å². The van der Waals surface area contributed by atoms with Gasteiger partial charge in [-0.3, -0.25) is 0 Å². The van der Waals surface area contributed by atoms with Crippen LogP contribution < -0.4 is 0 Å². The van der Waals surface area contributed by atoms with E-state index in [2.05, 4.69) is 18.2 Å². The molecule has 4 heteroatoms. The summed E-state index contributed by atoms with van der Waals surface area (Å²) < 4.78 is 38.1. The molecule has 106 valence electrons. The minimum atomic E-state index is -4.51. The van der Waals surface area contributed by atoms with Crippen LogP contribution >= 0.6 is 0 Å². The second-order valence-electron chi connectivity index (χ2n) is 4.29. The summed E-state index contributed by atoms with van der Waals surface area (Å²) in [6.07, 6.45) is -1.75. The van der Waals surface area contributed by atoms with Gasteiger partial charge in [-0.2, -0.15) is 13.2 Å². The summed E-state index contributed by atoms with van der Waals surface area (Å²) in [6, 6.07) is 7.24. The molecule has 0 saturated heterocycles.